The molecular weight excluding hydrogens is 427 g/mol. The molecule has 1 heterocycles. The Balaban J connectivity index is 1.50. The van der Waals surface area contributed by atoms with Crippen LogP contribution in [0.4, 0.5) is 15.2 Å². The number of carbonyl (C=O) groups excluding carboxylic acids is 1. The number of halogens is 1. The maximum Gasteiger partial charge on any atom is 0.233 e. The highest BCUT2D eigenvalue weighted by Gasteiger charge is 2.14. The lowest BCUT2D eigenvalue weighted by Crippen LogP contribution is -2.27. The number of nitrogens with one attached hydrogen (secondary N) is 1. The number of rotatable bonds is 9. The zero-order valence-electron chi connectivity index (χ0n) is 16.7. The van der Waals surface area contributed by atoms with Gasteiger partial charge in [-0.25, -0.2) is 4.39 Å². The summed E-state index contributed by atoms with van der Waals surface area (Å²) in [6, 6.07) is 12.1. The fourth-order valence-electron chi connectivity index (χ4n) is 2.52. The first kappa shape index (κ1) is 21.8. The van der Waals surface area contributed by atoms with Crippen molar-refractivity contribution in [1.82, 2.24) is 15.1 Å². The zero-order chi connectivity index (χ0) is 21.5. The highest BCUT2D eigenvalue weighted by molar-refractivity contribution is 8.01. The third-order valence-electron chi connectivity index (χ3n) is 4.13. The molecular formula is C20H21FN4O3S2. The van der Waals surface area contributed by atoms with Crippen molar-refractivity contribution in [2.75, 3.05) is 32.3 Å². The molecule has 1 aromatic heterocycles. The number of thioether (sulfide) groups is 1. The van der Waals surface area contributed by atoms with Crippen LogP contribution in [0.15, 0.2) is 46.8 Å². The molecule has 0 fully saturated rings. The molecule has 30 heavy (non-hydrogen) atoms. The van der Waals surface area contributed by atoms with Crippen LogP contribution in [0, 0.1) is 5.82 Å². The monoisotopic (exact) mass is 448 g/mol. The van der Waals surface area contributed by atoms with Crippen molar-refractivity contribution in [3.63, 3.8) is 0 Å². The molecule has 0 bridgehead atoms. The van der Waals surface area contributed by atoms with Gasteiger partial charge in [-0.1, -0.05) is 29.2 Å². The van der Waals surface area contributed by atoms with Gasteiger partial charge in [0.15, 0.2) is 15.9 Å². The van der Waals surface area contributed by atoms with E-state index in [-0.39, 0.29) is 17.4 Å². The second-order valence-electron chi connectivity index (χ2n) is 6.23. The van der Waals surface area contributed by atoms with E-state index in [0.717, 1.165) is 11.4 Å². The second kappa shape index (κ2) is 10.3. The molecule has 0 unspecified atom stereocenters. The number of hydrogen-bond acceptors (Lipinski definition) is 8. The topological polar surface area (TPSA) is 76.6 Å². The molecule has 0 spiro atoms. The van der Waals surface area contributed by atoms with E-state index in [1.807, 2.05) is 24.3 Å². The Kier molecular flexibility index (Phi) is 7.47. The minimum absolute atomic E-state index is 0.0870. The van der Waals surface area contributed by atoms with E-state index >= 15 is 0 Å². The predicted molar refractivity (Wildman–Crippen MR) is 116 cm³/mol. The quantitative estimate of drug-likeness (QED) is 0.492. The maximum absolute atomic E-state index is 13.8. The van der Waals surface area contributed by atoms with Crippen molar-refractivity contribution in [3.8, 4) is 11.5 Å². The molecule has 158 valence electrons. The number of hydrogen-bond donors (Lipinski definition) is 1. The standard InChI is InChI=1S/C20H21FN4O3S2/c1-25(11-13-4-9-17(28-3)16(21)10-13)18(26)12-29-20-24-23-19(30-20)22-14-5-7-15(27-2)8-6-14/h4-10H,11-12H2,1-3H3,(H,22,23). The van der Waals surface area contributed by atoms with Gasteiger partial charge in [-0.05, 0) is 42.0 Å². The van der Waals surface area contributed by atoms with Gasteiger partial charge in [-0.3, -0.25) is 4.79 Å². The number of ether oxygens (including phenoxy) is 2. The van der Waals surface area contributed by atoms with E-state index < -0.39 is 5.82 Å². The Bertz CT molecular complexity index is 998. The molecule has 3 rings (SSSR count). The van der Waals surface area contributed by atoms with E-state index in [2.05, 4.69) is 15.5 Å². The van der Waals surface area contributed by atoms with Crippen LogP contribution in [0.5, 0.6) is 11.5 Å². The lowest BCUT2D eigenvalue weighted by atomic mass is 10.2. The largest absolute Gasteiger partial charge is 0.497 e. The molecule has 0 aliphatic heterocycles. The summed E-state index contributed by atoms with van der Waals surface area (Å²) in [4.78, 5) is 13.9. The summed E-state index contributed by atoms with van der Waals surface area (Å²) in [5.41, 5.74) is 1.56. The van der Waals surface area contributed by atoms with Gasteiger partial charge in [-0.2, -0.15) is 0 Å². The van der Waals surface area contributed by atoms with Crippen LogP contribution in [-0.4, -0.2) is 48.0 Å². The van der Waals surface area contributed by atoms with Gasteiger partial charge < -0.3 is 19.7 Å². The lowest BCUT2D eigenvalue weighted by molar-refractivity contribution is -0.127. The molecule has 0 saturated carbocycles. The Morgan fingerprint density at radius 3 is 2.60 bits per heavy atom. The summed E-state index contributed by atoms with van der Waals surface area (Å²) in [6.07, 6.45) is 0. The first-order valence-corrected chi connectivity index (χ1v) is 10.7. The molecule has 1 N–H and O–H groups in total. The summed E-state index contributed by atoms with van der Waals surface area (Å²) in [5, 5.41) is 12.0. The van der Waals surface area contributed by atoms with Gasteiger partial charge in [0.1, 0.15) is 5.75 Å². The molecule has 0 atom stereocenters. The van der Waals surface area contributed by atoms with Crippen LogP contribution in [0.2, 0.25) is 0 Å². The maximum atomic E-state index is 13.8. The molecule has 7 nitrogen and oxygen atoms in total. The van der Waals surface area contributed by atoms with E-state index in [4.69, 9.17) is 9.47 Å². The number of amides is 1. The molecule has 1 amide bonds. The normalized spacial score (nSPS) is 10.5. The lowest BCUT2D eigenvalue weighted by Gasteiger charge is -2.17. The van der Waals surface area contributed by atoms with Crippen molar-refractivity contribution < 1.29 is 18.7 Å². The average molecular weight is 449 g/mol. The Morgan fingerprint density at radius 1 is 1.17 bits per heavy atom. The van der Waals surface area contributed by atoms with E-state index in [1.165, 1.54) is 36.3 Å². The average Bonchev–Trinajstić information content (AvgIpc) is 3.20. The number of carbonyl (C=O) groups is 1. The predicted octanol–water partition coefficient (Wildman–Crippen LogP) is 4.19. The Morgan fingerprint density at radius 2 is 1.93 bits per heavy atom. The van der Waals surface area contributed by atoms with Crippen LogP contribution in [0.1, 0.15) is 5.56 Å². The number of anilines is 2. The van der Waals surface area contributed by atoms with Gasteiger partial charge in [0.2, 0.25) is 11.0 Å². The summed E-state index contributed by atoms with van der Waals surface area (Å²) in [7, 11) is 4.71. The van der Waals surface area contributed by atoms with Crippen LogP contribution < -0.4 is 14.8 Å². The van der Waals surface area contributed by atoms with Crippen molar-refractivity contribution in [2.24, 2.45) is 0 Å². The summed E-state index contributed by atoms with van der Waals surface area (Å²) < 4.78 is 24.5. The van der Waals surface area contributed by atoms with Gasteiger partial charge in [0.05, 0.1) is 20.0 Å². The highest BCUT2D eigenvalue weighted by atomic mass is 32.2. The summed E-state index contributed by atoms with van der Waals surface area (Å²) in [6.45, 7) is 0.306. The van der Waals surface area contributed by atoms with Crippen LogP contribution in [-0.2, 0) is 11.3 Å². The van der Waals surface area contributed by atoms with Crippen LogP contribution in [0.25, 0.3) is 0 Å². The molecule has 0 aliphatic carbocycles. The second-order valence-corrected chi connectivity index (χ2v) is 8.43. The van der Waals surface area contributed by atoms with Crippen molar-refractivity contribution >= 4 is 39.8 Å². The smallest absolute Gasteiger partial charge is 0.233 e. The molecule has 10 heteroatoms. The van der Waals surface area contributed by atoms with Crippen molar-refractivity contribution in [3.05, 3.63) is 53.8 Å². The van der Waals surface area contributed by atoms with Gasteiger partial charge >= 0.3 is 0 Å². The van der Waals surface area contributed by atoms with E-state index in [0.29, 0.717) is 21.6 Å². The SMILES string of the molecule is COc1ccc(Nc2nnc(SCC(=O)N(C)Cc3ccc(OC)c(F)c3)s2)cc1. The first-order chi connectivity index (χ1) is 14.5. The molecule has 0 saturated heterocycles. The van der Waals surface area contributed by atoms with Crippen LogP contribution in [0.3, 0.4) is 0 Å². The van der Waals surface area contributed by atoms with E-state index in [9.17, 15) is 9.18 Å². The highest BCUT2D eigenvalue weighted by Crippen LogP contribution is 2.28. The third kappa shape index (κ3) is 5.83. The Labute approximate surface area is 182 Å². The summed E-state index contributed by atoms with van der Waals surface area (Å²) >= 11 is 2.68. The number of benzene rings is 2. The number of aromatic nitrogens is 2. The van der Waals surface area contributed by atoms with Crippen molar-refractivity contribution in [2.45, 2.75) is 10.9 Å². The van der Waals surface area contributed by atoms with Crippen molar-refractivity contribution in [1.29, 1.82) is 0 Å². The number of methoxy groups -OCH3 is 2. The molecule has 3 aromatic rings. The van der Waals surface area contributed by atoms with Gasteiger partial charge in [-0.15, -0.1) is 10.2 Å². The van der Waals surface area contributed by atoms with Gasteiger partial charge in [0.25, 0.3) is 0 Å². The van der Waals surface area contributed by atoms with Crippen LogP contribution >= 0.6 is 23.1 Å². The minimum atomic E-state index is -0.448. The minimum Gasteiger partial charge on any atom is -0.497 e. The molecule has 0 aliphatic rings. The first-order valence-electron chi connectivity index (χ1n) is 8.92. The zero-order valence-corrected chi connectivity index (χ0v) is 18.3. The fraction of sp³-hybridized carbons (Fsp3) is 0.250. The Hall–Kier alpha value is -2.85. The third-order valence-corrected chi connectivity index (χ3v) is 6.09. The number of nitrogens with zero attached hydrogens (tertiary/aromatic N) is 3. The molecule has 2 aromatic carbocycles. The van der Waals surface area contributed by atoms with Gasteiger partial charge in [0, 0.05) is 19.3 Å². The van der Waals surface area contributed by atoms with E-state index in [1.54, 1.807) is 31.2 Å². The molecule has 0 radical (unpaired) electrons. The fourth-order valence-corrected chi connectivity index (χ4v) is 4.23. The summed E-state index contributed by atoms with van der Waals surface area (Å²) in [5.74, 6) is 0.631.